The summed E-state index contributed by atoms with van der Waals surface area (Å²) in [6.07, 6.45) is -2.78. The van der Waals surface area contributed by atoms with Gasteiger partial charge in [0.1, 0.15) is 5.82 Å². The number of aromatic amines is 1. The second kappa shape index (κ2) is 11.1. The molecule has 0 saturated heterocycles. The van der Waals surface area contributed by atoms with Crippen molar-refractivity contribution in [3.63, 3.8) is 0 Å². The molecule has 0 fully saturated rings. The Kier molecular flexibility index (Phi) is 7.80. The van der Waals surface area contributed by atoms with Crippen molar-refractivity contribution >= 4 is 27.8 Å². The second-order valence-electron chi connectivity index (χ2n) is 11.0. The largest absolute Gasteiger partial charge is 0.417 e. The van der Waals surface area contributed by atoms with E-state index >= 15 is 0 Å². The van der Waals surface area contributed by atoms with E-state index < -0.39 is 29.2 Å². The van der Waals surface area contributed by atoms with Gasteiger partial charge in [-0.3, -0.25) is 14.7 Å². The molecule has 5 rings (SSSR count). The fourth-order valence-corrected chi connectivity index (χ4v) is 5.34. The number of carbonyl (C=O) groups is 1. The summed E-state index contributed by atoms with van der Waals surface area (Å²) in [6, 6.07) is 10.1. The Morgan fingerprint density at radius 3 is 2.47 bits per heavy atom. The van der Waals surface area contributed by atoms with Gasteiger partial charge in [-0.15, -0.1) is 6.58 Å². The number of anilines is 1. The molecule has 1 atom stereocenters. The molecule has 43 heavy (non-hydrogen) atoms. The number of benzene rings is 2. The van der Waals surface area contributed by atoms with Gasteiger partial charge in [0.25, 0.3) is 11.5 Å². The predicted octanol–water partition coefficient (Wildman–Crippen LogP) is 6.07. The van der Waals surface area contributed by atoms with Crippen molar-refractivity contribution in [2.75, 3.05) is 5.32 Å². The molecular weight excluding hydrogens is 627 g/mol. The average Bonchev–Trinajstić information content (AvgIpc) is 3.39. The van der Waals surface area contributed by atoms with Crippen LogP contribution in [0.4, 0.5) is 19.1 Å². The summed E-state index contributed by atoms with van der Waals surface area (Å²) in [5, 5.41) is 10.3. The predicted molar refractivity (Wildman–Crippen MR) is 160 cm³/mol. The maximum Gasteiger partial charge on any atom is 0.417 e. The molecule has 0 saturated carbocycles. The lowest BCUT2D eigenvalue weighted by molar-refractivity contribution is -0.138. The fourth-order valence-electron chi connectivity index (χ4n) is 4.87. The molecule has 1 unspecified atom stereocenters. The monoisotopic (exact) mass is 655 g/mol. The molecule has 1 aliphatic rings. The Hall–Kier alpha value is -4.26. The number of nitrogens with zero attached hydrogens (tertiary/aromatic N) is 5. The number of rotatable bonds is 6. The Morgan fingerprint density at radius 2 is 1.86 bits per heavy atom. The number of hydrogen-bond acceptors (Lipinski definition) is 6. The fraction of sp³-hybridized carbons (Fsp3) is 0.300. The maximum atomic E-state index is 14.0. The molecule has 2 N–H and O–H groups in total. The van der Waals surface area contributed by atoms with Gasteiger partial charge in [-0.1, -0.05) is 22.0 Å². The topological polar surface area (TPSA) is 109 Å². The van der Waals surface area contributed by atoms with Gasteiger partial charge in [-0.25, -0.2) is 14.5 Å². The van der Waals surface area contributed by atoms with Crippen molar-refractivity contribution in [1.29, 1.82) is 0 Å². The smallest absolute Gasteiger partial charge is 0.347 e. The number of alkyl halides is 3. The lowest BCUT2D eigenvalue weighted by atomic mass is 9.98. The number of halogens is 4. The van der Waals surface area contributed by atoms with Crippen molar-refractivity contribution in [3.8, 4) is 17.1 Å². The zero-order valence-corrected chi connectivity index (χ0v) is 25.5. The molecule has 1 amide bonds. The third-order valence-corrected chi connectivity index (χ3v) is 8.01. The van der Waals surface area contributed by atoms with Crippen molar-refractivity contribution in [1.82, 2.24) is 29.6 Å². The molecule has 4 aromatic rings. The van der Waals surface area contributed by atoms with Gasteiger partial charge in [0.2, 0.25) is 5.95 Å². The number of amides is 1. The lowest BCUT2D eigenvalue weighted by Gasteiger charge is -2.35. The van der Waals surface area contributed by atoms with Crippen LogP contribution < -0.4 is 10.9 Å². The van der Waals surface area contributed by atoms with Crippen molar-refractivity contribution in [2.24, 2.45) is 0 Å². The highest BCUT2D eigenvalue weighted by Crippen LogP contribution is 2.36. The molecule has 224 valence electrons. The highest BCUT2D eigenvalue weighted by Gasteiger charge is 2.36. The van der Waals surface area contributed by atoms with E-state index in [4.69, 9.17) is 4.98 Å². The lowest BCUT2D eigenvalue weighted by Crippen LogP contribution is -2.46. The van der Waals surface area contributed by atoms with Crippen LogP contribution in [0.15, 0.2) is 64.4 Å². The Labute approximate surface area is 254 Å². The van der Waals surface area contributed by atoms with Gasteiger partial charge in [0, 0.05) is 27.2 Å². The number of aromatic nitrogens is 5. The summed E-state index contributed by atoms with van der Waals surface area (Å²) >= 11 is 2.92. The average molecular weight is 657 g/mol. The summed E-state index contributed by atoms with van der Waals surface area (Å²) in [7, 11) is 0. The molecular formula is C30H29BrF3N7O2. The van der Waals surface area contributed by atoms with E-state index in [0.717, 1.165) is 11.6 Å². The number of nitrogens with one attached hydrogen (secondary N) is 2. The highest BCUT2D eigenvalue weighted by molar-refractivity contribution is 9.10. The first-order valence-electron chi connectivity index (χ1n) is 13.4. The Morgan fingerprint density at radius 1 is 1.16 bits per heavy atom. The van der Waals surface area contributed by atoms with Crippen LogP contribution in [-0.4, -0.2) is 47.1 Å². The third kappa shape index (κ3) is 5.99. The van der Waals surface area contributed by atoms with E-state index in [-0.39, 0.29) is 34.5 Å². The van der Waals surface area contributed by atoms with E-state index in [9.17, 15) is 22.8 Å². The van der Waals surface area contributed by atoms with Gasteiger partial charge >= 0.3 is 6.18 Å². The number of fused-ring (bicyclic) bond motifs is 1. The number of aryl methyl sites for hydroxylation is 1. The molecule has 1 aliphatic heterocycles. The summed E-state index contributed by atoms with van der Waals surface area (Å²) in [5.41, 5.74) is 0.107. The molecule has 3 heterocycles. The molecule has 2 aromatic heterocycles. The van der Waals surface area contributed by atoms with E-state index in [0.29, 0.717) is 28.6 Å². The molecule has 0 radical (unpaired) electrons. The maximum absolute atomic E-state index is 14.0. The molecule has 0 aliphatic carbocycles. The number of hydrogen-bond donors (Lipinski definition) is 2. The first-order valence-corrected chi connectivity index (χ1v) is 14.2. The molecule has 9 nitrogen and oxygen atoms in total. The van der Waals surface area contributed by atoms with Crippen LogP contribution in [0.25, 0.3) is 17.1 Å². The molecule has 13 heteroatoms. The van der Waals surface area contributed by atoms with Crippen LogP contribution in [0.2, 0.25) is 0 Å². The number of H-pyrrole nitrogens is 1. The Bertz CT molecular complexity index is 1780. The summed E-state index contributed by atoms with van der Waals surface area (Å²) in [6.45, 7) is 11.1. The Balaban J connectivity index is 1.56. The van der Waals surface area contributed by atoms with Crippen LogP contribution in [0, 0.1) is 6.92 Å². The van der Waals surface area contributed by atoms with E-state index in [1.165, 1.54) is 21.6 Å². The van der Waals surface area contributed by atoms with E-state index in [1.54, 1.807) is 32.1 Å². The van der Waals surface area contributed by atoms with Crippen molar-refractivity contribution in [3.05, 3.63) is 98.2 Å². The van der Waals surface area contributed by atoms with E-state index in [2.05, 4.69) is 43.0 Å². The second-order valence-corrected chi connectivity index (χ2v) is 11.9. The van der Waals surface area contributed by atoms with Gasteiger partial charge in [0.05, 0.1) is 29.0 Å². The molecule has 0 bridgehead atoms. The highest BCUT2D eigenvalue weighted by atomic mass is 79.9. The van der Waals surface area contributed by atoms with Gasteiger partial charge < -0.3 is 10.2 Å². The van der Waals surface area contributed by atoms with Crippen molar-refractivity contribution in [2.45, 2.75) is 58.4 Å². The standard InChI is InChI=1S/C30H29BrF3N7O2/c1-6-29(4,5)37-28-36-24-15-40(26(42)19-9-12-23(31)22(14-19)30(32,33)34)16(2)13-21(24)27(43)41(28)20-10-7-18(8-11-20)25-35-17(3)38-39-25/h6-12,14,16H,1,13,15H2,2-5H3,(H,36,37)(H,35,38,39). The van der Waals surface area contributed by atoms with Crippen molar-refractivity contribution < 1.29 is 18.0 Å². The van der Waals surface area contributed by atoms with Crippen LogP contribution in [0.3, 0.4) is 0 Å². The van der Waals surface area contributed by atoms with Gasteiger partial charge in [0.15, 0.2) is 5.82 Å². The van der Waals surface area contributed by atoms with Crippen LogP contribution in [0.5, 0.6) is 0 Å². The third-order valence-electron chi connectivity index (χ3n) is 7.32. The minimum atomic E-state index is -4.63. The van der Waals surface area contributed by atoms with E-state index in [1.807, 2.05) is 26.0 Å². The van der Waals surface area contributed by atoms with Crippen LogP contribution in [0.1, 0.15) is 53.8 Å². The first-order chi connectivity index (χ1) is 20.2. The molecule has 2 aromatic carbocycles. The SMILES string of the molecule is C=CC(C)(C)Nc1nc2c(c(=O)n1-c1ccc(-c3n[nH]c(C)n3)cc1)CC(C)N(C(=O)c1ccc(Br)c(C(F)(F)F)c1)C2. The normalized spacial score (nSPS) is 15.3. The van der Waals surface area contributed by atoms with Gasteiger partial charge in [-0.2, -0.15) is 18.3 Å². The summed E-state index contributed by atoms with van der Waals surface area (Å²) in [5.74, 6) is 0.855. The first kappa shape index (κ1) is 30.2. The summed E-state index contributed by atoms with van der Waals surface area (Å²) in [4.78, 5) is 38.1. The number of carbonyl (C=O) groups excluding carboxylic acids is 1. The minimum Gasteiger partial charge on any atom is -0.347 e. The minimum absolute atomic E-state index is 0.0465. The zero-order valence-electron chi connectivity index (χ0n) is 23.9. The van der Waals surface area contributed by atoms with Crippen LogP contribution >= 0.6 is 15.9 Å². The molecule has 0 spiro atoms. The summed E-state index contributed by atoms with van der Waals surface area (Å²) < 4.78 is 41.9. The van der Waals surface area contributed by atoms with Gasteiger partial charge in [-0.05, 0) is 76.6 Å². The quantitative estimate of drug-likeness (QED) is 0.244. The van der Waals surface area contributed by atoms with Crippen LogP contribution in [-0.2, 0) is 19.1 Å². The zero-order chi connectivity index (χ0) is 31.3.